The zero-order valence-electron chi connectivity index (χ0n) is 13.6. The SMILES string of the molecule is CCc1nn(C)c(CC(CC(C)C(C)(C)C)NN)c1Cl. The van der Waals surface area contributed by atoms with Crippen LogP contribution in [0.25, 0.3) is 0 Å². The van der Waals surface area contributed by atoms with Gasteiger partial charge in [0.05, 0.1) is 16.4 Å². The number of aryl methyl sites for hydroxylation is 2. The van der Waals surface area contributed by atoms with Gasteiger partial charge in [0.1, 0.15) is 0 Å². The van der Waals surface area contributed by atoms with Crippen molar-refractivity contribution in [2.45, 2.75) is 59.9 Å². The molecule has 0 aliphatic carbocycles. The molecule has 0 amide bonds. The maximum atomic E-state index is 6.41. The molecule has 0 spiro atoms. The van der Waals surface area contributed by atoms with E-state index in [4.69, 9.17) is 17.4 Å². The Morgan fingerprint density at radius 2 is 2.00 bits per heavy atom. The number of halogens is 1. The molecular formula is C15H29ClN4. The van der Waals surface area contributed by atoms with Crippen LogP contribution < -0.4 is 11.3 Å². The number of hydrogen-bond donors (Lipinski definition) is 2. The molecule has 1 aromatic rings. The Morgan fingerprint density at radius 1 is 1.40 bits per heavy atom. The Hall–Kier alpha value is -0.580. The summed E-state index contributed by atoms with van der Waals surface area (Å²) >= 11 is 6.41. The van der Waals surface area contributed by atoms with Gasteiger partial charge in [-0.05, 0) is 24.2 Å². The number of aromatic nitrogens is 2. The smallest absolute Gasteiger partial charge is 0.0850 e. The Labute approximate surface area is 128 Å². The van der Waals surface area contributed by atoms with Crippen LogP contribution in [0.5, 0.6) is 0 Å². The van der Waals surface area contributed by atoms with E-state index in [1.54, 1.807) is 0 Å². The van der Waals surface area contributed by atoms with Gasteiger partial charge in [-0.25, -0.2) is 0 Å². The first-order chi connectivity index (χ1) is 9.20. The van der Waals surface area contributed by atoms with Crippen molar-refractivity contribution in [2.75, 3.05) is 0 Å². The molecule has 0 aliphatic rings. The fourth-order valence-corrected chi connectivity index (χ4v) is 2.64. The topological polar surface area (TPSA) is 55.9 Å². The monoisotopic (exact) mass is 300 g/mol. The van der Waals surface area contributed by atoms with Gasteiger partial charge >= 0.3 is 0 Å². The normalized spacial score (nSPS) is 15.4. The molecule has 2 unspecified atom stereocenters. The zero-order chi connectivity index (χ0) is 15.5. The van der Waals surface area contributed by atoms with E-state index in [1.807, 2.05) is 11.7 Å². The molecule has 116 valence electrons. The van der Waals surface area contributed by atoms with E-state index in [-0.39, 0.29) is 11.5 Å². The molecule has 0 fully saturated rings. The fourth-order valence-electron chi connectivity index (χ4n) is 2.27. The largest absolute Gasteiger partial charge is 0.271 e. The van der Waals surface area contributed by atoms with Crippen molar-refractivity contribution >= 4 is 11.6 Å². The highest BCUT2D eigenvalue weighted by Gasteiger charge is 2.25. The molecule has 0 radical (unpaired) electrons. The van der Waals surface area contributed by atoms with Crippen LogP contribution in [0.15, 0.2) is 0 Å². The Morgan fingerprint density at radius 3 is 2.40 bits per heavy atom. The highest BCUT2D eigenvalue weighted by atomic mass is 35.5. The van der Waals surface area contributed by atoms with Gasteiger partial charge in [-0.3, -0.25) is 16.0 Å². The van der Waals surface area contributed by atoms with Gasteiger partial charge in [-0.2, -0.15) is 5.10 Å². The number of rotatable bonds is 6. The molecule has 1 heterocycles. The Bertz CT molecular complexity index is 434. The van der Waals surface area contributed by atoms with E-state index in [0.717, 1.165) is 35.7 Å². The summed E-state index contributed by atoms with van der Waals surface area (Å²) in [5, 5.41) is 5.25. The molecule has 2 atom stereocenters. The van der Waals surface area contributed by atoms with E-state index in [9.17, 15) is 0 Å². The molecule has 0 aromatic carbocycles. The average Bonchev–Trinajstić information content (AvgIpc) is 2.63. The second kappa shape index (κ2) is 6.92. The molecule has 0 saturated heterocycles. The van der Waals surface area contributed by atoms with Crippen LogP contribution in [0, 0.1) is 11.3 Å². The minimum absolute atomic E-state index is 0.210. The zero-order valence-corrected chi connectivity index (χ0v) is 14.4. The van der Waals surface area contributed by atoms with Crippen molar-refractivity contribution in [1.29, 1.82) is 0 Å². The summed E-state index contributed by atoms with van der Waals surface area (Å²) < 4.78 is 1.88. The van der Waals surface area contributed by atoms with Gasteiger partial charge in [0.25, 0.3) is 0 Å². The molecule has 0 saturated carbocycles. The van der Waals surface area contributed by atoms with Gasteiger partial charge in [0.15, 0.2) is 0 Å². The van der Waals surface area contributed by atoms with Gasteiger partial charge in [0, 0.05) is 19.5 Å². The first-order valence-corrected chi connectivity index (χ1v) is 7.74. The fraction of sp³-hybridized carbons (Fsp3) is 0.800. The molecule has 3 N–H and O–H groups in total. The predicted molar refractivity (Wildman–Crippen MR) is 85.6 cm³/mol. The summed E-state index contributed by atoms with van der Waals surface area (Å²) in [6, 6.07) is 0.210. The minimum Gasteiger partial charge on any atom is -0.271 e. The van der Waals surface area contributed by atoms with E-state index in [0.29, 0.717) is 5.92 Å². The number of nitrogens with zero attached hydrogens (tertiary/aromatic N) is 2. The van der Waals surface area contributed by atoms with Crippen molar-refractivity contribution in [3.8, 4) is 0 Å². The van der Waals surface area contributed by atoms with Crippen LogP contribution in [0.1, 0.15) is 52.4 Å². The molecule has 0 aliphatic heterocycles. The second-order valence-electron chi connectivity index (χ2n) is 6.76. The van der Waals surface area contributed by atoms with Gasteiger partial charge < -0.3 is 0 Å². The van der Waals surface area contributed by atoms with Crippen molar-refractivity contribution in [3.63, 3.8) is 0 Å². The lowest BCUT2D eigenvalue weighted by atomic mass is 9.78. The van der Waals surface area contributed by atoms with Crippen LogP contribution in [-0.2, 0) is 19.9 Å². The predicted octanol–water partition coefficient (Wildman–Crippen LogP) is 3.08. The van der Waals surface area contributed by atoms with Gasteiger partial charge in [-0.15, -0.1) is 0 Å². The van der Waals surface area contributed by atoms with E-state index in [2.05, 4.69) is 45.1 Å². The number of hydrazine groups is 1. The van der Waals surface area contributed by atoms with Crippen molar-refractivity contribution < 1.29 is 0 Å². The summed E-state index contributed by atoms with van der Waals surface area (Å²) in [5.41, 5.74) is 5.24. The number of nitrogens with two attached hydrogens (primary N) is 1. The summed E-state index contributed by atoms with van der Waals surface area (Å²) in [6.07, 6.45) is 2.67. The third-order valence-electron chi connectivity index (χ3n) is 4.29. The minimum atomic E-state index is 0.210. The first kappa shape index (κ1) is 17.5. The highest BCUT2D eigenvalue weighted by Crippen LogP contribution is 2.30. The van der Waals surface area contributed by atoms with Crippen LogP contribution in [0.4, 0.5) is 0 Å². The number of hydrogen-bond acceptors (Lipinski definition) is 3. The maximum Gasteiger partial charge on any atom is 0.0850 e. The lowest BCUT2D eigenvalue weighted by molar-refractivity contribution is 0.221. The third kappa shape index (κ3) is 4.21. The van der Waals surface area contributed by atoms with Crippen LogP contribution >= 0.6 is 11.6 Å². The Balaban J connectivity index is 2.82. The highest BCUT2D eigenvalue weighted by molar-refractivity contribution is 6.31. The van der Waals surface area contributed by atoms with E-state index in [1.165, 1.54) is 0 Å². The van der Waals surface area contributed by atoms with Crippen LogP contribution in [-0.4, -0.2) is 15.8 Å². The van der Waals surface area contributed by atoms with E-state index >= 15 is 0 Å². The molecule has 20 heavy (non-hydrogen) atoms. The third-order valence-corrected chi connectivity index (χ3v) is 4.73. The Kier molecular flexibility index (Phi) is 6.05. The quantitative estimate of drug-likeness (QED) is 0.627. The van der Waals surface area contributed by atoms with Crippen LogP contribution in [0.3, 0.4) is 0 Å². The van der Waals surface area contributed by atoms with Gasteiger partial charge in [-0.1, -0.05) is 46.2 Å². The second-order valence-corrected chi connectivity index (χ2v) is 7.13. The summed E-state index contributed by atoms with van der Waals surface area (Å²) in [7, 11) is 1.95. The number of nitrogens with one attached hydrogen (secondary N) is 1. The summed E-state index contributed by atoms with van der Waals surface area (Å²) in [5.74, 6) is 6.30. The lowest BCUT2D eigenvalue weighted by Gasteiger charge is -2.30. The van der Waals surface area contributed by atoms with Crippen molar-refractivity contribution in [1.82, 2.24) is 15.2 Å². The van der Waals surface area contributed by atoms with Crippen LogP contribution in [0.2, 0.25) is 5.02 Å². The molecule has 1 rings (SSSR count). The maximum absolute atomic E-state index is 6.41. The molecule has 1 aromatic heterocycles. The first-order valence-electron chi connectivity index (χ1n) is 7.37. The van der Waals surface area contributed by atoms with E-state index < -0.39 is 0 Å². The summed E-state index contributed by atoms with van der Waals surface area (Å²) in [4.78, 5) is 0. The standard InChI is InChI=1S/C15H29ClN4/c1-7-12-14(16)13(20(6)19-12)9-11(18-17)8-10(2)15(3,4)5/h10-11,18H,7-9,17H2,1-6H3. The van der Waals surface area contributed by atoms with Crippen molar-refractivity contribution in [2.24, 2.45) is 24.2 Å². The lowest BCUT2D eigenvalue weighted by Crippen LogP contribution is -2.40. The molecule has 4 nitrogen and oxygen atoms in total. The molecule has 0 bridgehead atoms. The summed E-state index contributed by atoms with van der Waals surface area (Å²) in [6.45, 7) is 11.1. The average molecular weight is 301 g/mol. The van der Waals surface area contributed by atoms with Gasteiger partial charge in [0.2, 0.25) is 0 Å². The molecular weight excluding hydrogens is 272 g/mol. The molecule has 5 heteroatoms. The van der Waals surface area contributed by atoms with Crippen molar-refractivity contribution in [3.05, 3.63) is 16.4 Å².